The summed E-state index contributed by atoms with van der Waals surface area (Å²) in [5.74, 6) is 0. The summed E-state index contributed by atoms with van der Waals surface area (Å²) in [7, 11) is -4.15. The minimum Gasteiger partial charge on any atom is -0.811 e. The van der Waals surface area contributed by atoms with Crippen LogP contribution >= 0.6 is 7.60 Å². The van der Waals surface area contributed by atoms with Crippen LogP contribution in [0.15, 0.2) is 0 Å². The molecule has 1 radical (unpaired) electrons. The van der Waals surface area contributed by atoms with Crippen molar-refractivity contribution >= 4 is 7.60 Å². The SMILES string of the molecule is CCP(=O)([O-])[O-].[Mn+2]. The molecule has 0 aliphatic rings. The first-order valence-electron chi connectivity index (χ1n) is 1.57. The summed E-state index contributed by atoms with van der Waals surface area (Å²) in [6, 6.07) is 0. The van der Waals surface area contributed by atoms with Gasteiger partial charge in [0, 0.05) is 0 Å². The molecule has 0 aromatic heterocycles. The Morgan fingerprint density at radius 3 is 1.71 bits per heavy atom. The summed E-state index contributed by atoms with van der Waals surface area (Å²) in [6.07, 6.45) is -0.285. The molecule has 0 aliphatic heterocycles. The zero-order chi connectivity index (χ0) is 5.21. The van der Waals surface area contributed by atoms with E-state index >= 15 is 0 Å². The second kappa shape index (κ2) is 3.64. The van der Waals surface area contributed by atoms with Crippen LogP contribution in [0.2, 0.25) is 0 Å². The van der Waals surface area contributed by atoms with Crippen molar-refractivity contribution in [3.63, 3.8) is 0 Å². The Bertz CT molecular complexity index is 77.0. The molecular formula is C2H5MnO3P. The number of hydrogen-bond acceptors (Lipinski definition) is 3. The summed E-state index contributed by atoms with van der Waals surface area (Å²) >= 11 is 0. The molecule has 0 fully saturated rings. The Labute approximate surface area is 52.8 Å². The predicted octanol–water partition coefficient (Wildman–Crippen LogP) is -1.08. The van der Waals surface area contributed by atoms with Crippen molar-refractivity contribution in [3.8, 4) is 0 Å². The van der Waals surface area contributed by atoms with E-state index in [1.165, 1.54) is 6.92 Å². The van der Waals surface area contributed by atoms with Gasteiger partial charge in [0.05, 0.1) is 0 Å². The smallest absolute Gasteiger partial charge is 0.811 e. The van der Waals surface area contributed by atoms with Crippen LogP contribution in [0.5, 0.6) is 0 Å². The summed E-state index contributed by atoms with van der Waals surface area (Å²) in [4.78, 5) is 18.9. The van der Waals surface area contributed by atoms with E-state index in [2.05, 4.69) is 0 Å². The minimum absolute atomic E-state index is 0. The van der Waals surface area contributed by atoms with Gasteiger partial charge in [-0.3, -0.25) is 0 Å². The van der Waals surface area contributed by atoms with Gasteiger partial charge in [-0.15, -0.1) is 0 Å². The zero-order valence-electron chi connectivity index (χ0n) is 3.76. The molecule has 0 saturated carbocycles. The normalized spacial score (nSPS) is 10.1. The first-order chi connectivity index (χ1) is 2.56. The Balaban J connectivity index is 0. The second-order valence-electron chi connectivity index (χ2n) is 0.927. The third kappa shape index (κ3) is 10.8. The molecule has 0 aliphatic carbocycles. The minimum atomic E-state index is -4.15. The molecule has 0 aromatic rings. The van der Waals surface area contributed by atoms with Crippen LogP contribution in [0.25, 0.3) is 0 Å². The van der Waals surface area contributed by atoms with E-state index in [9.17, 15) is 14.4 Å². The fourth-order valence-electron chi connectivity index (χ4n) is 0. The van der Waals surface area contributed by atoms with Crippen LogP contribution in [0, 0.1) is 0 Å². The Morgan fingerprint density at radius 1 is 1.57 bits per heavy atom. The fraction of sp³-hybridized carbons (Fsp3) is 1.00. The van der Waals surface area contributed by atoms with Crippen LogP contribution in [-0.4, -0.2) is 6.16 Å². The van der Waals surface area contributed by atoms with Gasteiger partial charge >= 0.3 is 17.1 Å². The molecule has 0 unspecified atom stereocenters. The molecule has 0 rings (SSSR count). The molecule has 3 nitrogen and oxygen atoms in total. The quantitative estimate of drug-likeness (QED) is 0.364. The molecule has 43 valence electrons. The van der Waals surface area contributed by atoms with Crippen LogP contribution in [0.1, 0.15) is 6.92 Å². The Kier molecular flexibility index (Phi) is 5.53. The van der Waals surface area contributed by atoms with Gasteiger partial charge in [-0.2, -0.15) is 0 Å². The molecule has 0 amide bonds. The van der Waals surface area contributed by atoms with Gasteiger partial charge in [0.15, 0.2) is 0 Å². The van der Waals surface area contributed by atoms with E-state index < -0.39 is 7.60 Å². The molecule has 0 saturated heterocycles. The largest absolute Gasteiger partial charge is 2.00 e. The molecule has 0 atom stereocenters. The van der Waals surface area contributed by atoms with Crippen molar-refractivity contribution in [1.82, 2.24) is 0 Å². The van der Waals surface area contributed by atoms with Crippen molar-refractivity contribution < 1.29 is 31.4 Å². The molecule has 5 heteroatoms. The predicted molar refractivity (Wildman–Crippen MR) is 18.1 cm³/mol. The van der Waals surface area contributed by atoms with Crippen molar-refractivity contribution in [1.29, 1.82) is 0 Å². The second-order valence-corrected chi connectivity index (χ2v) is 2.78. The van der Waals surface area contributed by atoms with Gasteiger partial charge in [-0.1, -0.05) is 14.5 Å². The van der Waals surface area contributed by atoms with Crippen molar-refractivity contribution in [2.75, 3.05) is 6.16 Å². The third-order valence-corrected chi connectivity index (χ3v) is 1.16. The number of rotatable bonds is 1. The van der Waals surface area contributed by atoms with Crippen molar-refractivity contribution in [2.24, 2.45) is 0 Å². The van der Waals surface area contributed by atoms with Crippen molar-refractivity contribution in [3.05, 3.63) is 0 Å². The van der Waals surface area contributed by atoms with Gasteiger partial charge in [-0.25, -0.2) is 0 Å². The maximum atomic E-state index is 9.47. The van der Waals surface area contributed by atoms with E-state index in [1.54, 1.807) is 0 Å². The van der Waals surface area contributed by atoms with Gasteiger partial charge < -0.3 is 14.4 Å². The van der Waals surface area contributed by atoms with E-state index in [-0.39, 0.29) is 23.2 Å². The van der Waals surface area contributed by atoms with Crippen LogP contribution in [-0.2, 0) is 21.6 Å². The summed E-state index contributed by atoms with van der Waals surface area (Å²) < 4.78 is 9.47. The molecular weight excluding hydrogens is 158 g/mol. The van der Waals surface area contributed by atoms with Gasteiger partial charge in [0.1, 0.15) is 0 Å². The molecule has 0 bridgehead atoms. The first kappa shape index (κ1) is 10.6. The molecule has 0 spiro atoms. The van der Waals surface area contributed by atoms with Gasteiger partial charge in [0.2, 0.25) is 0 Å². The molecule has 0 N–H and O–H groups in total. The van der Waals surface area contributed by atoms with Gasteiger partial charge in [0.25, 0.3) is 0 Å². The van der Waals surface area contributed by atoms with Crippen LogP contribution in [0.3, 0.4) is 0 Å². The van der Waals surface area contributed by atoms with E-state index in [0.29, 0.717) is 0 Å². The third-order valence-electron chi connectivity index (χ3n) is 0.387. The molecule has 7 heavy (non-hydrogen) atoms. The maximum Gasteiger partial charge on any atom is 2.00 e. The van der Waals surface area contributed by atoms with E-state index in [4.69, 9.17) is 0 Å². The number of hydrogen-bond donors (Lipinski definition) is 0. The average molecular weight is 163 g/mol. The van der Waals surface area contributed by atoms with Crippen molar-refractivity contribution in [2.45, 2.75) is 6.92 Å². The monoisotopic (exact) mass is 163 g/mol. The Hall–Kier alpha value is 0.669. The van der Waals surface area contributed by atoms with Gasteiger partial charge in [-0.05, 0) is 6.16 Å². The van der Waals surface area contributed by atoms with E-state index in [1.807, 2.05) is 0 Å². The topological polar surface area (TPSA) is 63.2 Å². The van der Waals surface area contributed by atoms with Crippen LogP contribution in [0.4, 0.5) is 0 Å². The summed E-state index contributed by atoms with van der Waals surface area (Å²) in [5, 5.41) is 0. The first-order valence-corrected chi connectivity index (χ1v) is 3.30. The average Bonchev–Trinajstić information content (AvgIpc) is 1.35. The fourth-order valence-corrected chi connectivity index (χ4v) is 0. The Morgan fingerprint density at radius 2 is 1.71 bits per heavy atom. The maximum absolute atomic E-state index is 9.47. The molecule has 0 heterocycles. The standard InChI is InChI=1S/C2H7O3P.Mn/c1-2-6(3,4)5;/h2H2,1H3,(H2,3,4,5);/q;+2/p-2. The summed E-state index contributed by atoms with van der Waals surface area (Å²) in [6.45, 7) is 1.32. The summed E-state index contributed by atoms with van der Waals surface area (Å²) in [5.41, 5.74) is 0. The van der Waals surface area contributed by atoms with E-state index in [0.717, 1.165) is 0 Å². The molecule has 0 aromatic carbocycles. The zero-order valence-corrected chi connectivity index (χ0v) is 5.83. The van der Waals surface area contributed by atoms with Crippen LogP contribution < -0.4 is 9.79 Å².